The van der Waals surface area contributed by atoms with Gasteiger partial charge in [-0.3, -0.25) is 19.3 Å². The summed E-state index contributed by atoms with van der Waals surface area (Å²) in [5, 5.41) is 10.5. The van der Waals surface area contributed by atoms with Gasteiger partial charge in [0.25, 0.3) is 0 Å². The average Bonchev–Trinajstić information content (AvgIpc) is 3.29. The molecular formula is C29H43N3O7. The van der Waals surface area contributed by atoms with Crippen molar-refractivity contribution in [2.45, 2.75) is 63.3 Å². The lowest BCUT2D eigenvalue weighted by atomic mass is 9.73. The third-order valence-corrected chi connectivity index (χ3v) is 9.56. The Labute approximate surface area is 230 Å². The van der Waals surface area contributed by atoms with Crippen LogP contribution in [0.4, 0.5) is 0 Å². The van der Waals surface area contributed by atoms with E-state index in [1.807, 2.05) is 45.1 Å². The number of carbonyl (C=O) groups is 3. The van der Waals surface area contributed by atoms with Crippen LogP contribution < -0.4 is 0 Å². The van der Waals surface area contributed by atoms with Crippen molar-refractivity contribution < 1.29 is 33.7 Å². The van der Waals surface area contributed by atoms with Gasteiger partial charge in [0.2, 0.25) is 11.8 Å². The smallest absolute Gasteiger partial charge is 0.313 e. The third kappa shape index (κ3) is 4.63. The van der Waals surface area contributed by atoms with E-state index in [9.17, 15) is 19.5 Å². The van der Waals surface area contributed by atoms with E-state index in [1.54, 1.807) is 9.80 Å². The molecular weight excluding hydrogens is 502 g/mol. The van der Waals surface area contributed by atoms with Gasteiger partial charge in [-0.15, -0.1) is 0 Å². The molecule has 0 aromatic rings. The number of cyclic esters (lactones) is 1. The van der Waals surface area contributed by atoms with Gasteiger partial charge in [0, 0.05) is 32.7 Å². The van der Waals surface area contributed by atoms with Crippen LogP contribution >= 0.6 is 0 Å². The number of morpholine rings is 1. The number of ether oxygens (including phenoxy) is 3. The Kier molecular flexibility index (Phi) is 8.20. The van der Waals surface area contributed by atoms with Crippen molar-refractivity contribution in [2.75, 3.05) is 59.2 Å². The molecule has 5 heterocycles. The zero-order valence-corrected chi connectivity index (χ0v) is 23.4. The van der Waals surface area contributed by atoms with Gasteiger partial charge in [-0.1, -0.05) is 51.5 Å². The van der Waals surface area contributed by atoms with Crippen LogP contribution in [0, 0.1) is 17.8 Å². The molecule has 1 spiro atoms. The molecule has 10 heteroatoms. The highest BCUT2D eigenvalue weighted by Crippen LogP contribution is 2.58. The summed E-state index contributed by atoms with van der Waals surface area (Å²) in [7, 11) is 0. The first-order valence-electron chi connectivity index (χ1n) is 14.6. The zero-order chi connectivity index (χ0) is 27.8. The predicted molar refractivity (Wildman–Crippen MR) is 142 cm³/mol. The first-order valence-corrected chi connectivity index (χ1v) is 14.6. The molecule has 39 heavy (non-hydrogen) atoms. The quantitative estimate of drug-likeness (QED) is 0.355. The van der Waals surface area contributed by atoms with E-state index in [-0.39, 0.29) is 30.9 Å². The van der Waals surface area contributed by atoms with Gasteiger partial charge in [0.1, 0.15) is 23.2 Å². The maximum atomic E-state index is 14.5. The molecule has 0 aromatic carbocycles. The van der Waals surface area contributed by atoms with Crippen molar-refractivity contribution in [1.82, 2.24) is 14.7 Å². The maximum Gasteiger partial charge on any atom is 0.313 e. The second-order valence-corrected chi connectivity index (χ2v) is 11.5. The summed E-state index contributed by atoms with van der Waals surface area (Å²) in [6.45, 7) is 10.4. The Balaban J connectivity index is 1.58. The predicted octanol–water partition coefficient (Wildman–Crippen LogP) is 0.988. The van der Waals surface area contributed by atoms with E-state index in [0.717, 1.165) is 19.5 Å². The summed E-state index contributed by atoms with van der Waals surface area (Å²) in [5.74, 6) is -2.85. The Bertz CT molecular complexity index is 1010. The number of amides is 2. The van der Waals surface area contributed by atoms with E-state index >= 15 is 0 Å². The number of fused-ring (bicyclic) bond motifs is 2. The number of esters is 1. The lowest BCUT2D eigenvalue weighted by Crippen LogP contribution is -2.60. The van der Waals surface area contributed by atoms with Gasteiger partial charge in [-0.25, -0.2) is 0 Å². The number of hydrogen-bond acceptors (Lipinski definition) is 8. The largest absolute Gasteiger partial charge is 0.465 e. The lowest BCUT2D eigenvalue weighted by molar-refractivity contribution is -0.164. The summed E-state index contributed by atoms with van der Waals surface area (Å²) in [6, 6.07) is -1.56. The molecule has 0 aromatic heterocycles. The maximum absolute atomic E-state index is 14.5. The van der Waals surface area contributed by atoms with E-state index in [2.05, 4.69) is 4.90 Å². The van der Waals surface area contributed by atoms with Gasteiger partial charge >= 0.3 is 5.97 Å². The fourth-order valence-electron chi connectivity index (χ4n) is 7.17. The van der Waals surface area contributed by atoms with Crippen LogP contribution in [-0.2, 0) is 28.6 Å². The lowest BCUT2D eigenvalue weighted by Gasteiger charge is -2.42. The van der Waals surface area contributed by atoms with Crippen molar-refractivity contribution in [1.29, 1.82) is 0 Å². The van der Waals surface area contributed by atoms with Crippen LogP contribution in [0.3, 0.4) is 0 Å². The van der Waals surface area contributed by atoms with Crippen LogP contribution in [0.1, 0.15) is 40.0 Å². The Morgan fingerprint density at radius 3 is 2.49 bits per heavy atom. The fourth-order valence-corrected chi connectivity index (χ4v) is 7.17. The van der Waals surface area contributed by atoms with Crippen LogP contribution in [0.15, 0.2) is 24.3 Å². The molecule has 5 rings (SSSR count). The number of hydrogen-bond donors (Lipinski definition) is 1. The van der Waals surface area contributed by atoms with Crippen molar-refractivity contribution in [3.05, 3.63) is 24.3 Å². The number of aliphatic hydroxyl groups excluding tert-OH is 1. The fraction of sp³-hybridized carbons (Fsp3) is 0.759. The molecule has 0 aliphatic carbocycles. The molecule has 3 saturated heterocycles. The van der Waals surface area contributed by atoms with Gasteiger partial charge in [0.15, 0.2) is 0 Å². The molecule has 0 radical (unpaired) electrons. The van der Waals surface area contributed by atoms with Gasteiger partial charge in [0.05, 0.1) is 38.4 Å². The van der Waals surface area contributed by atoms with Gasteiger partial charge in [-0.2, -0.15) is 0 Å². The molecule has 216 valence electrons. The molecule has 1 N–H and O–H groups in total. The van der Waals surface area contributed by atoms with E-state index < -0.39 is 41.1 Å². The van der Waals surface area contributed by atoms with Crippen molar-refractivity contribution in [3.63, 3.8) is 0 Å². The van der Waals surface area contributed by atoms with E-state index in [0.29, 0.717) is 45.7 Å². The van der Waals surface area contributed by atoms with Gasteiger partial charge in [-0.05, 0) is 18.8 Å². The minimum Gasteiger partial charge on any atom is -0.465 e. The number of carbonyl (C=O) groups excluding carboxylic acids is 3. The average molecular weight is 546 g/mol. The number of rotatable bonds is 8. The third-order valence-electron chi connectivity index (χ3n) is 9.56. The number of aliphatic hydroxyl groups is 1. The summed E-state index contributed by atoms with van der Waals surface area (Å²) < 4.78 is 18.0. The Hall–Kier alpha value is -2.27. The Morgan fingerprint density at radius 1 is 1.03 bits per heavy atom. The first kappa shape index (κ1) is 28.3. The highest BCUT2D eigenvalue weighted by atomic mass is 16.6. The second kappa shape index (κ2) is 11.3. The summed E-state index contributed by atoms with van der Waals surface area (Å²) in [4.78, 5) is 48.1. The van der Waals surface area contributed by atoms with E-state index in [1.165, 1.54) is 0 Å². The highest BCUT2D eigenvalue weighted by Gasteiger charge is 2.76. The topological polar surface area (TPSA) is 109 Å². The van der Waals surface area contributed by atoms with Crippen molar-refractivity contribution in [3.8, 4) is 0 Å². The van der Waals surface area contributed by atoms with Gasteiger partial charge < -0.3 is 29.1 Å². The minimum atomic E-state index is -1.34. The molecule has 5 aliphatic heterocycles. The second-order valence-electron chi connectivity index (χ2n) is 11.5. The minimum absolute atomic E-state index is 0.0585. The molecule has 1 unspecified atom stereocenters. The molecule has 10 nitrogen and oxygen atoms in total. The first-order chi connectivity index (χ1) is 18.8. The summed E-state index contributed by atoms with van der Waals surface area (Å²) in [5.41, 5.74) is -2.39. The van der Waals surface area contributed by atoms with E-state index in [4.69, 9.17) is 14.2 Å². The van der Waals surface area contributed by atoms with Crippen LogP contribution in [0.25, 0.3) is 0 Å². The van der Waals surface area contributed by atoms with Crippen molar-refractivity contribution >= 4 is 17.8 Å². The summed E-state index contributed by atoms with van der Waals surface area (Å²) >= 11 is 0. The number of nitrogens with zero attached hydrogens (tertiary/aromatic N) is 3. The SMILES string of the molecule is CC[C@H](C)[C@H](CO)N1C(=O)[C@@H]2[C@@H]3C(=O)OCCC=C[C@]3(CC)O[C@@]23C=CCN(CCN2CCOCC2)C(=O)C13. The molecule has 2 amide bonds. The molecule has 0 bridgehead atoms. The van der Waals surface area contributed by atoms with Crippen molar-refractivity contribution in [2.24, 2.45) is 17.8 Å². The molecule has 3 fully saturated rings. The zero-order valence-electron chi connectivity index (χ0n) is 23.4. The molecule has 5 aliphatic rings. The number of likely N-dealkylation sites (tertiary alicyclic amines) is 1. The van der Waals surface area contributed by atoms with Crippen LogP contribution in [-0.4, -0.2) is 120 Å². The summed E-state index contributed by atoms with van der Waals surface area (Å²) in [6.07, 6.45) is 9.38. The standard InChI is InChI=1S/C29H43N3O7/c1-4-20(3)21(19-33)32-24-26(35)31(13-12-30-14-17-37-18-15-30)11-8-10-29(24)22(25(32)34)23-27(36)38-16-7-6-9-28(23,5-2)39-29/h6,8-10,20-24,33H,4-5,7,11-19H2,1-3H3/t20-,21-,22-,23+,24?,28-,29-/m0/s1. The monoisotopic (exact) mass is 545 g/mol. The normalized spacial score (nSPS) is 36.5. The van der Waals surface area contributed by atoms with Crippen LogP contribution in [0.2, 0.25) is 0 Å². The van der Waals surface area contributed by atoms with Crippen LogP contribution in [0.5, 0.6) is 0 Å². The molecule has 7 atom stereocenters. The Morgan fingerprint density at radius 2 is 1.79 bits per heavy atom. The molecule has 0 saturated carbocycles. The highest BCUT2D eigenvalue weighted by molar-refractivity contribution is 5.99.